The summed E-state index contributed by atoms with van der Waals surface area (Å²) in [6.45, 7) is 12.9. The largest absolute Gasteiger partial charge is 0.346 e. The van der Waals surface area contributed by atoms with Crippen LogP contribution in [0.25, 0.3) is 11.6 Å². The molecule has 1 amide bonds. The number of aromatic nitrogens is 1. The highest BCUT2D eigenvalue weighted by Gasteiger charge is 2.31. The molecule has 2 unspecified atom stereocenters. The fraction of sp³-hybridized carbons (Fsp3) is 0.500. The van der Waals surface area contributed by atoms with Gasteiger partial charge in [0.15, 0.2) is 0 Å². The average molecular weight is 564 g/mol. The first kappa shape index (κ1) is 30.2. The zero-order chi connectivity index (χ0) is 29.7. The highest BCUT2D eigenvalue weighted by atomic mass is 16.1. The predicted octanol–water partition coefficient (Wildman–Crippen LogP) is 9.01. The van der Waals surface area contributed by atoms with Crippen molar-refractivity contribution in [3.05, 3.63) is 88.4 Å². The minimum Gasteiger partial charge on any atom is -0.346 e. The van der Waals surface area contributed by atoms with Gasteiger partial charge in [-0.3, -0.25) is 14.8 Å². The highest BCUT2D eigenvalue weighted by molar-refractivity contribution is 6.00. The van der Waals surface area contributed by atoms with Crippen molar-refractivity contribution >= 4 is 23.8 Å². The van der Waals surface area contributed by atoms with E-state index in [1.165, 1.54) is 49.8 Å². The molecule has 4 nitrogen and oxygen atoms in total. The van der Waals surface area contributed by atoms with Gasteiger partial charge in [0.05, 0.1) is 11.7 Å². The van der Waals surface area contributed by atoms with Crippen molar-refractivity contribution < 1.29 is 4.79 Å². The number of nitrogens with one attached hydrogen (secondary N) is 1. The Balaban J connectivity index is 1.32. The Hall–Kier alpha value is -3.27. The summed E-state index contributed by atoms with van der Waals surface area (Å²) in [6.07, 6.45) is 20.3. The molecular weight excluding hydrogens is 514 g/mol. The molecule has 1 N–H and O–H groups in total. The third-order valence-electron chi connectivity index (χ3n) is 9.83. The van der Waals surface area contributed by atoms with E-state index in [0.29, 0.717) is 17.8 Å². The maximum absolute atomic E-state index is 13.7. The summed E-state index contributed by atoms with van der Waals surface area (Å²) in [7, 11) is 0. The minimum atomic E-state index is -0.0170. The van der Waals surface area contributed by atoms with Crippen LogP contribution in [-0.4, -0.2) is 17.1 Å². The monoisotopic (exact) mass is 563 g/mol. The number of nitrogens with zero attached hydrogens (tertiary/aromatic N) is 2. The van der Waals surface area contributed by atoms with E-state index in [-0.39, 0.29) is 11.9 Å². The SMILES string of the molecule is C=C/C(=C\N=CC)c1ccc(C(CCC2CCCCC2)NC(=O)C2=Cc3cc4c(nc3C2)CCC(C(C)(C)C)C4)cc1. The van der Waals surface area contributed by atoms with E-state index in [0.717, 1.165) is 65.1 Å². The van der Waals surface area contributed by atoms with Gasteiger partial charge in [-0.1, -0.05) is 89.8 Å². The quantitative estimate of drug-likeness (QED) is 0.244. The van der Waals surface area contributed by atoms with Gasteiger partial charge in [-0.2, -0.15) is 0 Å². The van der Waals surface area contributed by atoms with Crippen molar-refractivity contribution in [2.75, 3.05) is 0 Å². The van der Waals surface area contributed by atoms with E-state index in [1.54, 1.807) is 6.21 Å². The van der Waals surface area contributed by atoms with Crippen molar-refractivity contribution in [3.8, 4) is 0 Å². The Labute approximate surface area is 253 Å². The van der Waals surface area contributed by atoms with Gasteiger partial charge >= 0.3 is 0 Å². The molecular formula is C38H49N3O. The summed E-state index contributed by atoms with van der Waals surface area (Å²) >= 11 is 0. The van der Waals surface area contributed by atoms with Crippen LogP contribution in [0.1, 0.15) is 119 Å². The number of benzene rings is 1. The van der Waals surface area contributed by atoms with Crippen molar-refractivity contribution in [2.24, 2.45) is 22.2 Å². The molecule has 222 valence electrons. The number of aliphatic imine (C=N–C) groups is 1. The van der Waals surface area contributed by atoms with Crippen LogP contribution < -0.4 is 5.32 Å². The summed E-state index contributed by atoms with van der Waals surface area (Å²) in [5.74, 6) is 1.48. The molecule has 4 heteroatoms. The number of pyridine rings is 1. The number of allylic oxidation sites excluding steroid dienone is 2. The van der Waals surface area contributed by atoms with Gasteiger partial charge in [0.1, 0.15) is 0 Å². The number of rotatable bonds is 9. The van der Waals surface area contributed by atoms with Crippen LogP contribution in [0.15, 0.2) is 59.8 Å². The number of hydrogen-bond acceptors (Lipinski definition) is 3. The first-order valence-electron chi connectivity index (χ1n) is 16.2. The summed E-state index contributed by atoms with van der Waals surface area (Å²) in [4.78, 5) is 23.1. The third kappa shape index (κ3) is 7.19. The molecule has 5 rings (SSSR count). The molecule has 1 aromatic carbocycles. The van der Waals surface area contributed by atoms with Gasteiger partial charge in [-0.25, -0.2) is 0 Å². The molecule has 0 saturated heterocycles. The Morgan fingerprint density at radius 1 is 1.12 bits per heavy atom. The van der Waals surface area contributed by atoms with Crippen LogP contribution in [0.5, 0.6) is 0 Å². The standard InChI is InChI=1S/C38H49N3O/c1-6-27(25-39-7-2)28-14-16-29(17-15-28)34(19-13-26-11-9-8-10-12-26)41-37(42)32-22-30-21-31-23-33(38(3,4)5)18-20-35(31)40-36(30)24-32/h6-7,14-17,21-22,25-26,33-34H,1,8-13,18-20,23-24H2,2-5H3,(H,41,42)/b27-25+,39-7?. The lowest BCUT2D eigenvalue weighted by Gasteiger charge is -2.34. The number of carbonyl (C=O) groups is 1. The number of fused-ring (bicyclic) bond motifs is 2. The van der Waals surface area contributed by atoms with Crippen molar-refractivity contribution in [2.45, 2.75) is 104 Å². The molecule has 0 aliphatic heterocycles. The molecule has 2 atom stereocenters. The smallest absolute Gasteiger partial charge is 0.248 e. The molecule has 2 aromatic rings. The Kier molecular flexibility index (Phi) is 9.60. The average Bonchev–Trinajstić information content (AvgIpc) is 3.41. The number of aryl methyl sites for hydroxylation is 1. The van der Waals surface area contributed by atoms with Gasteiger partial charge in [0, 0.05) is 30.1 Å². The molecule has 0 radical (unpaired) electrons. The lowest BCUT2D eigenvalue weighted by atomic mass is 9.71. The third-order valence-corrected chi connectivity index (χ3v) is 9.83. The molecule has 3 aliphatic rings. The second kappa shape index (κ2) is 13.4. The van der Waals surface area contributed by atoms with Gasteiger partial charge in [-0.05, 0) is 96.2 Å². The van der Waals surface area contributed by atoms with E-state index in [2.05, 4.69) is 74.1 Å². The highest BCUT2D eigenvalue weighted by Crippen LogP contribution is 2.39. The van der Waals surface area contributed by atoms with E-state index in [4.69, 9.17) is 4.98 Å². The van der Waals surface area contributed by atoms with Crippen LogP contribution >= 0.6 is 0 Å². The summed E-state index contributed by atoms with van der Waals surface area (Å²) in [5, 5.41) is 3.45. The van der Waals surface area contributed by atoms with Crippen LogP contribution in [-0.2, 0) is 24.1 Å². The molecule has 42 heavy (non-hydrogen) atoms. The fourth-order valence-corrected chi connectivity index (χ4v) is 7.06. The van der Waals surface area contributed by atoms with Gasteiger partial charge < -0.3 is 5.32 Å². The van der Waals surface area contributed by atoms with E-state index < -0.39 is 0 Å². The normalized spacial score (nSPS) is 20.1. The van der Waals surface area contributed by atoms with Crippen molar-refractivity contribution in [1.82, 2.24) is 10.3 Å². The summed E-state index contributed by atoms with van der Waals surface area (Å²) < 4.78 is 0. The Morgan fingerprint density at radius 2 is 1.88 bits per heavy atom. The molecule has 1 heterocycles. The second-order valence-corrected chi connectivity index (χ2v) is 13.7. The summed E-state index contributed by atoms with van der Waals surface area (Å²) in [6, 6.07) is 10.9. The maximum Gasteiger partial charge on any atom is 0.248 e. The van der Waals surface area contributed by atoms with E-state index in [1.807, 2.05) is 19.2 Å². The van der Waals surface area contributed by atoms with Crippen molar-refractivity contribution in [1.29, 1.82) is 0 Å². The van der Waals surface area contributed by atoms with Gasteiger partial charge in [0.2, 0.25) is 5.91 Å². The van der Waals surface area contributed by atoms with Crippen molar-refractivity contribution in [3.63, 3.8) is 0 Å². The number of amides is 1. The second-order valence-electron chi connectivity index (χ2n) is 13.7. The summed E-state index contributed by atoms with van der Waals surface area (Å²) in [5.41, 5.74) is 9.17. The van der Waals surface area contributed by atoms with Crippen LogP contribution in [0, 0.1) is 17.3 Å². The Morgan fingerprint density at radius 3 is 2.57 bits per heavy atom. The fourth-order valence-electron chi connectivity index (χ4n) is 7.06. The zero-order valence-electron chi connectivity index (χ0n) is 26.2. The van der Waals surface area contributed by atoms with E-state index in [9.17, 15) is 4.79 Å². The number of hydrogen-bond donors (Lipinski definition) is 1. The minimum absolute atomic E-state index is 0.0170. The predicted molar refractivity (Wildman–Crippen MR) is 176 cm³/mol. The lowest BCUT2D eigenvalue weighted by Crippen LogP contribution is -2.30. The molecule has 0 spiro atoms. The van der Waals surface area contributed by atoms with Crippen LogP contribution in [0.4, 0.5) is 0 Å². The Bertz CT molecular complexity index is 1370. The first-order valence-corrected chi connectivity index (χ1v) is 16.2. The first-order chi connectivity index (χ1) is 20.2. The lowest BCUT2D eigenvalue weighted by molar-refractivity contribution is -0.118. The number of carbonyl (C=O) groups excluding carboxylic acids is 1. The molecule has 1 saturated carbocycles. The molecule has 1 fully saturated rings. The molecule has 0 bridgehead atoms. The van der Waals surface area contributed by atoms with E-state index >= 15 is 0 Å². The van der Waals surface area contributed by atoms with Crippen LogP contribution in [0.3, 0.4) is 0 Å². The zero-order valence-corrected chi connectivity index (χ0v) is 26.2. The molecule has 1 aromatic heterocycles. The van der Waals surface area contributed by atoms with Crippen LogP contribution in [0.2, 0.25) is 0 Å². The van der Waals surface area contributed by atoms with Gasteiger partial charge in [0.25, 0.3) is 0 Å². The maximum atomic E-state index is 13.7. The van der Waals surface area contributed by atoms with Gasteiger partial charge in [-0.15, -0.1) is 0 Å². The topological polar surface area (TPSA) is 54.4 Å². The molecule has 3 aliphatic carbocycles.